The summed E-state index contributed by atoms with van der Waals surface area (Å²) in [4.78, 5) is 2.63. The van der Waals surface area contributed by atoms with Crippen LogP contribution >= 0.6 is 0 Å². The fraction of sp³-hybridized carbons (Fsp3) is 1.00. The Hall–Kier alpha value is -0.0800. The van der Waals surface area contributed by atoms with E-state index in [1.165, 1.54) is 51.6 Å². The smallest absolute Gasteiger partial charge is 0.0126 e. The van der Waals surface area contributed by atoms with E-state index >= 15 is 0 Å². The highest BCUT2D eigenvalue weighted by Crippen LogP contribution is 2.44. The molecule has 0 atom stereocenters. The lowest BCUT2D eigenvalue weighted by Gasteiger charge is -2.36. The summed E-state index contributed by atoms with van der Waals surface area (Å²) in [5.41, 5.74) is 0. The van der Waals surface area contributed by atoms with Crippen molar-refractivity contribution in [3.05, 3.63) is 0 Å². The first-order chi connectivity index (χ1) is 8.24. The Kier molecular flexibility index (Phi) is 3.45. The van der Waals surface area contributed by atoms with Crippen LogP contribution in [0.4, 0.5) is 0 Å². The summed E-state index contributed by atoms with van der Waals surface area (Å²) in [5.74, 6) is 2.09. The number of piperidine rings is 1. The van der Waals surface area contributed by atoms with E-state index in [0.717, 1.165) is 30.0 Å². The van der Waals surface area contributed by atoms with Crippen LogP contribution in [0.3, 0.4) is 0 Å². The normalized spacial score (nSPS) is 28.2. The molecule has 2 heteroatoms. The van der Waals surface area contributed by atoms with E-state index in [-0.39, 0.29) is 0 Å². The van der Waals surface area contributed by atoms with E-state index in [0.29, 0.717) is 0 Å². The average molecular weight is 236 g/mol. The quantitative estimate of drug-likeness (QED) is 0.789. The van der Waals surface area contributed by atoms with Crippen molar-refractivity contribution in [2.24, 2.45) is 11.8 Å². The van der Waals surface area contributed by atoms with Gasteiger partial charge in [0.15, 0.2) is 0 Å². The highest BCUT2D eigenvalue weighted by Gasteiger charge is 2.42. The molecule has 2 nitrogen and oxygen atoms in total. The summed E-state index contributed by atoms with van der Waals surface area (Å²) >= 11 is 0. The molecule has 3 aliphatic rings. The standard InChI is InChI=1S/C15H28N2/c1-11(2)17-9-7-14(8-10-17)16-15(12-3-4-12)13-5-6-13/h11-16H,3-10H2,1-2H3. The molecule has 0 aromatic carbocycles. The molecule has 3 rings (SSSR count). The second kappa shape index (κ2) is 4.89. The van der Waals surface area contributed by atoms with Gasteiger partial charge >= 0.3 is 0 Å². The minimum absolute atomic E-state index is 0.735. The summed E-state index contributed by atoms with van der Waals surface area (Å²) in [7, 11) is 0. The molecular formula is C15H28N2. The van der Waals surface area contributed by atoms with Crippen molar-refractivity contribution in [2.75, 3.05) is 13.1 Å². The Morgan fingerprint density at radius 3 is 1.82 bits per heavy atom. The molecule has 0 aromatic rings. The molecule has 0 spiro atoms. The van der Waals surface area contributed by atoms with E-state index in [2.05, 4.69) is 24.1 Å². The van der Waals surface area contributed by atoms with E-state index in [4.69, 9.17) is 0 Å². The number of hydrogen-bond donors (Lipinski definition) is 1. The largest absolute Gasteiger partial charge is 0.311 e. The summed E-state index contributed by atoms with van der Waals surface area (Å²) in [6, 6.07) is 2.44. The SMILES string of the molecule is CC(C)N1CCC(NC(C2CC2)C2CC2)CC1. The second-order valence-corrected chi connectivity index (χ2v) is 6.77. The maximum absolute atomic E-state index is 4.01. The van der Waals surface area contributed by atoms with Gasteiger partial charge in [0, 0.05) is 18.1 Å². The monoisotopic (exact) mass is 236 g/mol. The van der Waals surface area contributed by atoms with Crippen LogP contribution in [0.25, 0.3) is 0 Å². The van der Waals surface area contributed by atoms with Gasteiger partial charge in [-0.2, -0.15) is 0 Å². The zero-order chi connectivity index (χ0) is 11.8. The van der Waals surface area contributed by atoms with Crippen molar-refractivity contribution in [2.45, 2.75) is 70.5 Å². The predicted octanol–water partition coefficient (Wildman–Crippen LogP) is 2.64. The predicted molar refractivity (Wildman–Crippen MR) is 72.1 cm³/mol. The van der Waals surface area contributed by atoms with Crippen LogP contribution in [0.1, 0.15) is 52.4 Å². The van der Waals surface area contributed by atoms with E-state index in [9.17, 15) is 0 Å². The van der Waals surface area contributed by atoms with Crippen molar-refractivity contribution in [3.63, 3.8) is 0 Å². The van der Waals surface area contributed by atoms with E-state index in [1.807, 2.05) is 0 Å². The zero-order valence-electron chi connectivity index (χ0n) is 11.5. The molecule has 0 radical (unpaired) electrons. The number of nitrogens with one attached hydrogen (secondary N) is 1. The molecule has 0 bridgehead atoms. The molecule has 2 aliphatic carbocycles. The minimum Gasteiger partial charge on any atom is -0.311 e. The molecule has 1 N–H and O–H groups in total. The number of rotatable bonds is 5. The summed E-state index contributed by atoms with van der Waals surface area (Å²) < 4.78 is 0. The molecule has 1 saturated heterocycles. The molecule has 0 aromatic heterocycles. The van der Waals surface area contributed by atoms with Crippen LogP contribution in [-0.4, -0.2) is 36.1 Å². The maximum Gasteiger partial charge on any atom is 0.0126 e. The first kappa shape index (κ1) is 12.0. The maximum atomic E-state index is 4.01. The number of likely N-dealkylation sites (tertiary alicyclic amines) is 1. The Labute approximate surface area is 106 Å². The first-order valence-electron chi connectivity index (χ1n) is 7.74. The van der Waals surface area contributed by atoms with Gasteiger partial charge in [0.05, 0.1) is 0 Å². The fourth-order valence-corrected chi connectivity index (χ4v) is 3.42. The van der Waals surface area contributed by atoms with Gasteiger partial charge < -0.3 is 10.2 Å². The van der Waals surface area contributed by atoms with Crippen LogP contribution < -0.4 is 5.32 Å². The zero-order valence-corrected chi connectivity index (χ0v) is 11.5. The van der Waals surface area contributed by atoms with Crippen LogP contribution in [0.2, 0.25) is 0 Å². The van der Waals surface area contributed by atoms with Gasteiger partial charge in [0.1, 0.15) is 0 Å². The van der Waals surface area contributed by atoms with Gasteiger partial charge in [-0.15, -0.1) is 0 Å². The average Bonchev–Trinajstić information content (AvgIpc) is 3.17. The highest BCUT2D eigenvalue weighted by molar-refractivity contribution is 4.98. The third kappa shape index (κ3) is 3.03. The second-order valence-electron chi connectivity index (χ2n) is 6.77. The van der Waals surface area contributed by atoms with E-state index in [1.54, 1.807) is 0 Å². The number of hydrogen-bond acceptors (Lipinski definition) is 2. The Morgan fingerprint density at radius 1 is 0.882 bits per heavy atom. The van der Waals surface area contributed by atoms with Gasteiger partial charge in [-0.25, -0.2) is 0 Å². The first-order valence-corrected chi connectivity index (χ1v) is 7.74. The molecular weight excluding hydrogens is 208 g/mol. The molecule has 1 heterocycles. The Bertz CT molecular complexity index is 236. The molecule has 2 saturated carbocycles. The van der Waals surface area contributed by atoms with Crippen molar-refractivity contribution in [1.29, 1.82) is 0 Å². The van der Waals surface area contributed by atoms with Crippen LogP contribution in [0.5, 0.6) is 0 Å². The third-order valence-corrected chi connectivity index (χ3v) is 4.95. The molecule has 0 amide bonds. The van der Waals surface area contributed by atoms with Gasteiger partial charge in [0.25, 0.3) is 0 Å². The molecule has 0 unspecified atom stereocenters. The van der Waals surface area contributed by atoms with Crippen LogP contribution in [0, 0.1) is 11.8 Å². The summed E-state index contributed by atoms with van der Waals surface area (Å²) in [5, 5.41) is 4.01. The van der Waals surface area contributed by atoms with Crippen molar-refractivity contribution >= 4 is 0 Å². The van der Waals surface area contributed by atoms with Crippen molar-refractivity contribution in [1.82, 2.24) is 10.2 Å². The van der Waals surface area contributed by atoms with Crippen LogP contribution in [0.15, 0.2) is 0 Å². The van der Waals surface area contributed by atoms with Gasteiger partial charge in [-0.3, -0.25) is 0 Å². The van der Waals surface area contributed by atoms with Crippen molar-refractivity contribution < 1.29 is 0 Å². The molecule has 1 aliphatic heterocycles. The lowest BCUT2D eigenvalue weighted by atomic mass is 9.99. The molecule has 3 fully saturated rings. The van der Waals surface area contributed by atoms with E-state index < -0.39 is 0 Å². The highest BCUT2D eigenvalue weighted by atomic mass is 15.2. The van der Waals surface area contributed by atoms with Gasteiger partial charge in [-0.1, -0.05) is 0 Å². The minimum atomic E-state index is 0.735. The van der Waals surface area contributed by atoms with Crippen molar-refractivity contribution in [3.8, 4) is 0 Å². The topological polar surface area (TPSA) is 15.3 Å². The fourth-order valence-electron chi connectivity index (χ4n) is 3.42. The summed E-state index contributed by atoms with van der Waals surface area (Å²) in [6.07, 6.45) is 8.73. The number of nitrogens with zero attached hydrogens (tertiary/aromatic N) is 1. The molecule has 98 valence electrons. The van der Waals surface area contributed by atoms with Gasteiger partial charge in [0.2, 0.25) is 0 Å². The molecule has 17 heavy (non-hydrogen) atoms. The Balaban J connectivity index is 1.46. The van der Waals surface area contributed by atoms with Crippen LogP contribution in [-0.2, 0) is 0 Å². The Morgan fingerprint density at radius 2 is 1.41 bits per heavy atom. The summed E-state index contributed by atoms with van der Waals surface area (Å²) in [6.45, 7) is 7.25. The van der Waals surface area contributed by atoms with Gasteiger partial charge in [-0.05, 0) is 77.3 Å². The lowest BCUT2D eigenvalue weighted by molar-refractivity contribution is 0.152. The lowest BCUT2D eigenvalue weighted by Crippen LogP contribution is -2.49. The third-order valence-electron chi connectivity index (χ3n) is 4.95.